The molecule has 0 aliphatic carbocycles. The fourth-order valence-corrected chi connectivity index (χ4v) is 3.81. The Bertz CT molecular complexity index is 1180. The number of hydrogen-bond acceptors (Lipinski definition) is 4. The van der Waals surface area contributed by atoms with Crippen molar-refractivity contribution < 1.29 is 19.1 Å². The van der Waals surface area contributed by atoms with E-state index in [1.165, 1.54) is 5.56 Å². The molecule has 0 spiro atoms. The maximum Gasteiger partial charge on any atom is 0.303 e. The molecule has 0 aliphatic heterocycles. The Balaban J connectivity index is 1.46. The average molecular weight is 445 g/mol. The Labute approximate surface area is 193 Å². The van der Waals surface area contributed by atoms with E-state index in [2.05, 4.69) is 35.0 Å². The van der Waals surface area contributed by atoms with Gasteiger partial charge in [-0.2, -0.15) is 0 Å². The molecule has 4 aromatic rings. The van der Waals surface area contributed by atoms with Crippen LogP contribution in [0.25, 0.3) is 22.7 Å². The lowest BCUT2D eigenvalue weighted by atomic mass is 10.1. The molecule has 1 N–H and O–H groups in total. The largest absolute Gasteiger partial charge is 0.493 e. The second-order valence-electron chi connectivity index (χ2n) is 8.06. The normalized spacial score (nSPS) is 10.9. The van der Waals surface area contributed by atoms with Gasteiger partial charge in [0.1, 0.15) is 17.3 Å². The number of aryl methyl sites for hydroxylation is 1. The van der Waals surface area contributed by atoms with Crippen LogP contribution in [0, 0.1) is 6.92 Å². The van der Waals surface area contributed by atoms with Crippen molar-refractivity contribution in [3.8, 4) is 28.5 Å². The number of furan rings is 1. The van der Waals surface area contributed by atoms with Gasteiger partial charge in [0.2, 0.25) is 0 Å². The SMILES string of the molecule is Cc1cn(Cc2ccc(-c3ccco3)cc2)c(-c2ccccc2OCCCCCC(=O)O)n1. The summed E-state index contributed by atoms with van der Waals surface area (Å²) >= 11 is 0. The van der Waals surface area contributed by atoms with Gasteiger partial charge in [0.15, 0.2) is 0 Å². The molecule has 4 rings (SSSR count). The minimum Gasteiger partial charge on any atom is -0.493 e. The fraction of sp³-hybridized carbons (Fsp3) is 0.259. The number of aliphatic carboxylic acids is 1. The Kier molecular flexibility index (Phi) is 7.25. The summed E-state index contributed by atoms with van der Waals surface area (Å²) in [5.41, 5.74) is 4.11. The lowest BCUT2D eigenvalue weighted by Gasteiger charge is -2.13. The quantitative estimate of drug-likeness (QED) is 0.279. The van der Waals surface area contributed by atoms with Gasteiger partial charge in [-0.15, -0.1) is 0 Å². The van der Waals surface area contributed by atoms with Gasteiger partial charge in [0, 0.05) is 24.7 Å². The minimum atomic E-state index is -0.751. The molecule has 6 nitrogen and oxygen atoms in total. The zero-order valence-corrected chi connectivity index (χ0v) is 18.7. The second-order valence-corrected chi connectivity index (χ2v) is 8.06. The predicted octanol–water partition coefficient (Wildman–Crippen LogP) is 6.19. The average Bonchev–Trinajstić information content (AvgIpc) is 3.47. The topological polar surface area (TPSA) is 77.5 Å². The number of para-hydroxylation sites is 1. The summed E-state index contributed by atoms with van der Waals surface area (Å²) in [6.45, 7) is 3.23. The molecule has 0 fully saturated rings. The molecule has 0 saturated heterocycles. The zero-order chi connectivity index (χ0) is 23.0. The molecule has 0 bridgehead atoms. The number of unbranched alkanes of at least 4 members (excludes halogenated alkanes) is 2. The van der Waals surface area contributed by atoms with E-state index in [9.17, 15) is 4.79 Å². The number of rotatable bonds is 11. The number of carboxylic acid groups (broad SMARTS) is 1. The zero-order valence-electron chi connectivity index (χ0n) is 18.7. The highest BCUT2D eigenvalue weighted by molar-refractivity contribution is 5.66. The molecule has 0 saturated carbocycles. The monoisotopic (exact) mass is 444 g/mol. The third-order valence-corrected chi connectivity index (χ3v) is 5.43. The van der Waals surface area contributed by atoms with E-state index < -0.39 is 5.97 Å². The summed E-state index contributed by atoms with van der Waals surface area (Å²) in [6.07, 6.45) is 6.25. The highest BCUT2D eigenvalue weighted by Crippen LogP contribution is 2.30. The van der Waals surface area contributed by atoms with Gasteiger partial charge in [-0.3, -0.25) is 4.79 Å². The molecule has 0 radical (unpaired) electrons. The third kappa shape index (κ3) is 5.92. The maximum absolute atomic E-state index is 10.6. The molecular formula is C27H28N2O4. The van der Waals surface area contributed by atoms with Crippen LogP contribution in [-0.4, -0.2) is 27.2 Å². The van der Waals surface area contributed by atoms with E-state index in [0.29, 0.717) is 19.6 Å². The standard InChI is InChI=1S/C27H28N2O4/c1-20-18-29(19-21-12-14-22(15-13-21)24-10-7-17-32-24)27(28-20)23-8-4-5-9-25(23)33-16-6-2-3-11-26(30)31/h4-5,7-10,12-15,17-18H,2-3,6,11,16,19H2,1H3,(H,30,31). The van der Waals surface area contributed by atoms with Gasteiger partial charge in [-0.05, 0) is 56.0 Å². The van der Waals surface area contributed by atoms with Crippen LogP contribution in [0.2, 0.25) is 0 Å². The first-order valence-corrected chi connectivity index (χ1v) is 11.2. The second kappa shape index (κ2) is 10.7. The van der Waals surface area contributed by atoms with Crippen molar-refractivity contribution in [3.05, 3.63) is 84.4 Å². The molecule has 33 heavy (non-hydrogen) atoms. The molecular weight excluding hydrogens is 416 g/mol. The number of hydrogen-bond donors (Lipinski definition) is 1. The van der Waals surface area contributed by atoms with Crippen LogP contribution in [0.1, 0.15) is 36.9 Å². The Morgan fingerprint density at radius 3 is 2.61 bits per heavy atom. The minimum absolute atomic E-state index is 0.204. The molecule has 2 aromatic carbocycles. The smallest absolute Gasteiger partial charge is 0.303 e. The summed E-state index contributed by atoms with van der Waals surface area (Å²) in [6, 6.07) is 20.1. The number of ether oxygens (including phenoxy) is 1. The molecule has 0 unspecified atom stereocenters. The highest BCUT2D eigenvalue weighted by Gasteiger charge is 2.14. The van der Waals surface area contributed by atoms with Crippen molar-refractivity contribution in [1.82, 2.24) is 9.55 Å². The first-order chi connectivity index (χ1) is 16.1. The van der Waals surface area contributed by atoms with E-state index in [1.54, 1.807) is 6.26 Å². The van der Waals surface area contributed by atoms with Crippen molar-refractivity contribution in [2.24, 2.45) is 0 Å². The molecule has 2 aromatic heterocycles. The van der Waals surface area contributed by atoms with Crippen LogP contribution in [0.4, 0.5) is 0 Å². The number of carbonyl (C=O) groups is 1. The van der Waals surface area contributed by atoms with E-state index >= 15 is 0 Å². The molecule has 0 atom stereocenters. The summed E-state index contributed by atoms with van der Waals surface area (Å²) in [4.78, 5) is 15.4. The maximum atomic E-state index is 10.6. The van der Waals surface area contributed by atoms with Crippen LogP contribution < -0.4 is 4.74 Å². The fourth-order valence-electron chi connectivity index (χ4n) is 3.81. The third-order valence-electron chi connectivity index (χ3n) is 5.43. The van der Waals surface area contributed by atoms with E-state index in [4.69, 9.17) is 19.2 Å². The number of imidazole rings is 1. The number of aromatic nitrogens is 2. The van der Waals surface area contributed by atoms with Crippen molar-refractivity contribution >= 4 is 5.97 Å². The van der Waals surface area contributed by atoms with Gasteiger partial charge in [0.25, 0.3) is 0 Å². The molecule has 0 amide bonds. The van der Waals surface area contributed by atoms with Crippen LogP contribution in [-0.2, 0) is 11.3 Å². The predicted molar refractivity (Wildman–Crippen MR) is 127 cm³/mol. The Morgan fingerprint density at radius 1 is 1.03 bits per heavy atom. The van der Waals surface area contributed by atoms with E-state index in [-0.39, 0.29) is 6.42 Å². The first-order valence-electron chi connectivity index (χ1n) is 11.2. The summed E-state index contributed by atoms with van der Waals surface area (Å²) in [5, 5.41) is 8.76. The van der Waals surface area contributed by atoms with Crippen LogP contribution in [0.5, 0.6) is 5.75 Å². The van der Waals surface area contributed by atoms with Gasteiger partial charge in [0.05, 0.1) is 24.1 Å². The summed E-state index contributed by atoms with van der Waals surface area (Å²) in [5.74, 6) is 1.76. The Hall–Kier alpha value is -3.80. The molecule has 6 heteroatoms. The first kappa shape index (κ1) is 22.4. The van der Waals surface area contributed by atoms with Crippen molar-refractivity contribution in [2.45, 2.75) is 39.2 Å². The van der Waals surface area contributed by atoms with Crippen LogP contribution in [0.3, 0.4) is 0 Å². The van der Waals surface area contributed by atoms with Crippen molar-refractivity contribution in [3.63, 3.8) is 0 Å². The number of carboxylic acids is 1. The van der Waals surface area contributed by atoms with Gasteiger partial charge in [-0.25, -0.2) is 4.98 Å². The summed E-state index contributed by atoms with van der Waals surface area (Å²) < 4.78 is 13.7. The lowest BCUT2D eigenvalue weighted by molar-refractivity contribution is -0.137. The number of benzene rings is 2. The van der Waals surface area contributed by atoms with Crippen molar-refractivity contribution in [1.29, 1.82) is 0 Å². The lowest BCUT2D eigenvalue weighted by Crippen LogP contribution is -2.04. The van der Waals surface area contributed by atoms with Crippen molar-refractivity contribution in [2.75, 3.05) is 6.61 Å². The van der Waals surface area contributed by atoms with Crippen LogP contribution >= 0.6 is 0 Å². The van der Waals surface area contributed by atoms with E-state index in [0.717, 1.165) is 47.0 Å². The molecule has 2 heterocycles. The Morgan fingerprint density at radius 2 is 1.85 bits per heavy atom. The number of nitrogens with zero attached hydrogens (tertiary/aromatic N) is 2. The van der Waals surface area contributed by atoms with Gasteiger partial charge >= 0.3 is 5.97 Å². The molecule has 170 valence electrons. The van der Waals surface area contributed by atoms with Gasteiger partial charge in [-0.1, -0.05) is 36.4 Å². The summed E-state index contributed by atoms with van der Waals surface area (Å²) in [7, 11) is 0. The van der Waals surface area contributed by atoms with E-state index in [1.807, 2.05) is 43.3 Å². The molecule has 0 aliphatic rings. The highest BCUT2D eigenvalue weighted by atomic mass is 16.5. The van der Waals surface area contributed by atoms with Gasteiger partial charge < -0.3 is 18.8 Å². The van der Waals surface area contributed by atoms with Crippen LogP contribution in [0.15, 0.2) is 77.5 Å².